The molecule has 0 aliphatic rings. The third kappa shape index (κ3) is 4.27. The smallest absolute Gasteiger partial charge is 0.409 e. The molecule has 0 saturated heterocycles. The van der Waals surface area contributed by atoms with E-state index >= 15 is 0 Å². The largest absolute Gasteiger partial charge is 0.481 e. The van der Waals surface area contributed by atoms with Gasteiger partial charge in [0.25, 0.3) is 0 Å². The van der Waals surface area contributed by atoms with Crippen LogP contribution >= 0.6 is 0 Å². The van der Waals surface area contributed by atoms with Gasteiger partial charge in [-0.1, -0.05) is 0 Å². The number of carboxylic acid groups (broad SMARTS) is 2. The molecule has 10 heteroatoms. The van der Waals surface area contributed by atoms with Crippen molar-refractivity contribution in [1.82, 2.24) is 9.47 Å². The van der Waals surface area contributed by atoms with Crippen molar-refractivity contribution in [3.05, 3.63) is 23.0 Å². The first-order valence-corrected chi connectivity index (χ1v) is 6.80. The second-order valence-corrected chi connectivity index (χ2v) is 5.34. The second kappa shape index (κ2) is 6.93. The number of aliphatic carboxylic acids is 1. The number of likely N-dealkylation sites (N-methyl/N-ethyl adjacent to an activating group) is 1. The Morgan fingerprint density at radius 2 is 1.79 bits per heavy atom. The summed E-state index contributed by atoms with van der Waals surface area (Å²) in [7, 11) is 0.871. The number of amides is 1. The van der Waals surface area contributed by atoms with Crippen molar-refractivity contribution >= 4 is 17.8 Å². The zero-order valence-corrected chi connectivity index (χ0v) is 13.2. The number of aromatic carboxylic acids is 1. The molecule has 1 atom stereocenters. The van der Waals surface area contributed by atoms with Crippen molar-refractivity contribution in [1.29, 1.82) is 0 Å². The fourth-order valence-electron chi connectivity index (χ4n) is 2.32. The molecule has 7 nitrogen and oxygen atoms in total. The number of alkyl halides is 3. The van der Waals surface area contributed by atoms with Gasteiger partial charge >= 0.3 is 18.1 Å². The van der Waals surface area contributed by atoms with Gasteiger partial charge < -0.3 is 19.7 Å². The van der Waals surface area contributed by atoms with Crippen molar-refractivity contribution in [2.75, 3.05) is 7.05 Å². The van der Waals surface area contributed by atoms with Crippen LogP contribution in [0.1, 0.15) is 28.2 Å². The van der Waals surface area contributed by atoms with E-state index in [0.717, 1.165) is 7.05 Å². The molecule has 1 aromatic rings. The van der Waals surface area contributed by atoms with Crippen LogP contribution in [0.4, 0.5) is 13.2 Å². The average molecular weight is 350 g/mol. The van der Waals surface area contributed by atoms with Gasteiger partial charge in [0.05, 0.1) is 12.0 Å². The van der Waals surface area contributed by atoms with Gasteiger partial charge in [-0.3, -0.25) is 9.59 Å². The zero-order valence-electron chi connectivity index (χ0n) is 13.2. The maximum Gasteiger partial charge on any atom is 0.409 e. The van der Waals surface area contributed by atoms with E-state index in [1.165, 1.54) is 24.5 Å². The first-order chi connectivity index (χ1) is 10.9. The highest BCUT2D eigenvalue weighted by Crippen LogP contribution is 2.27. The van der Waals surface area contributed by atoms with Crippen LogP contribution in [0.2, 0.25) is 0 Å². The van der Waals surface area contributed by atoms with E-state index in [0.29, 0.717) is 10.6 Å². The second-order valence-electron chi connectivity index (χ2n) is 5.34. The minimum Gasteiger partial charge on any atom is -0.481 e. The number of hydrogen-bond donors (Lipinski definition) is 2. The average Bonchev–Trinajstić information content (AvgIpc) is 2.70. The van der Waals surface area contributed by atoms with Crippen LogP contribution < -0.4 is 0 Å². The number of hydrogen-bond acceptors (Lipinski definition) is 3. The molecule has 1 amide bonds. The molecule has 1 rings (SSSR count). The molecule has 0 aliphatic heterocycles. The zero-order chi connectivity index (χ0) is 18.8. The molecule has 0 spiro atoms. The van der Waals surface area contributed by atoms with E-state index < -0.39 is 43.0 Å². The summed E-state index contributed by atoms with van der Waals surface area (Å²) in [5.74, 6) is -3.87. The molecule has 1 unspecified atom stereocenters. The third-order valence-electron chi connectivity index (χ3n) is 3.70. The van der Waals surface area contributed by atoms with Crippen LogP contribution in [0.3, 0.4) is 0 Å². The van der Waals surface area contributed by atoms with Crippen molar-refractivity contribution in [2.24, 2.45) is 0 Å². The Labute approximate surface area is 135 Å². The number of aryl methyl sites for hydroxylation is 1. The molecule has 24 heavy (non-hydrogen) atoms. The Bertz CT molecular complexity index is 666. The highest BCUT2D eigenvalue weighted by molar-refractivity contribution is 5.89. The Balaban J connectivity index is 3.05. The predicted molar refractivity (Wildman–Crippen MR) is 75.7 cm³/mol. The summed E-state index contributed by atoms with van der Waals surface area (Å²) in [6.45, 7) is 2.43. The van der Waals surface area contributed by atoms with Crippen molar-refractivity contribution in [3.8, 4) is 0 Å². The summed E-state index contributed by atoms with van der Waals surface area (Å²) in [5, 5.41) is 17.6. The lowest BCUT2D eigenvalue weighted by atomic mass is 10.1. The summed E-state index contributed by atoms with van der Waals surface area (Å²) in [6.07, 6.45) is -6.16. The van der Waals surface area contributed by atoms with E-state index in [9.17, 15) is 27.6 Å². The minimum atomic E-state index is -4.89. The molecule has 2 N–H and O–H groups in total. The van der Waals surface area contributed by atoms with Gasteiger partial charge in [-0.2, -0.15) is 13.2 Å². The van der Waals surface area contributed by atoms with Gasteiger partial charge in [0.1, 0.15) is 12.6 Å². The normalized spacial score (nSPS) is 12.8. The number of rotatable bonds is 6. The first-order valence-electron chi connectivity index (χ1n) is 6.80. The summed E-state index contributed by atoms with van der Waals surface area (Å²) < 4.78 is 40.1. The minimum absolute atomic E-state index is 0.0548. The number of carboxylic acids is 2. The standard InChI is InChI=1S/C14H17F3N2O5/c1-7-4-9(13(23)24)8(2)19(7)6-11(20)18(3)10(5-12(21)22)14(15,16)17/h4,10H,5-6H2,1-3H3,(H,21,22)(H,23,24). The number of nitrogens with zero attached hydrogens (tertiary/aromatic N) is 2. The molecule has 134 valence electrons. The van der Waals surface area contributed by atoms with Gasteiger partial charge in [-0.05, 0) is 19.9 Å². The SMILES string of the molecule is Cc1cc(C(=O)O)c(C)n1CC(=O)N(C)C(CC(=O)O)C(F)(F)F. The lowest BCUT2D eigenvalue weighted by Gasteiger charge is -2.29. The Morgan fingerprint density at radius 3 is 2.17 bits per heavy atom. The quantitative estimate of drug-likeness (QED) is 0.813. The fourth-order valence-corrected chi connectivity index (χ4v) is 2.32. The third-order valence-corrected chi connectivity index (χ3v) is 3.70. The number of halogens is 3. The molecule has 0 aliphatic carbocycles. The molecular formula is C14H17F3N2O5. The molecule has 0 aromatic carbocycles. The van der Waals surface area contributed by atoms with Crippen molar-refractivity contribution < 1.29 is 37.8 Å². The van der Waals surface area contributed by atoms with Gasteiger partial charge in [0.2, 0.25) is 5.91 Å². The molecule has 0 fully saturated rings. The lowest BCUT2D eigenvalue weighted by molar-refractivity contribution is -0.191. The van der Waals surface area contributed by atoms with Crippen LogP contribution in [-0.2, 0) is 16.1 Å². The lowest BCUT2D eigenvalue weighted by Crippen LogP contribution is -2.48. The van der Waals surface area contributed by atoms with E-state index in [4.69, 9.17) is 10.2 Å². The van der Waals surface area contributed by atoms with E-state index in [1.54, 1.807) is 0 Å². The summed E-state index contributed by atoms with van der Waals surface area (Å²) in [5.41, 5.74) is 0.567. The van der Waals surface area contributed by atoms with E-state index in [2.05, 4.69) is 0 Å². The van der Waals surface area contributed by atoms with Crippen LogP contribution in [0.5, 0.6) is 0 Å². The predicted octanol–water partition coefficient (Wildman–Crippen LogP) is 1.67. The number of carbonyl (C=O) groups excluding carboxylic acids is 1. The summed E-state index contributed by atoms with van der Waals surface area (Å²) in [4.78, 5) is 34.1. The summed E-state index contributed by atoms with van der Waals surface area (Å²) in [6, 6.07) is -1.15. The topological polar surface area (TPSA) is 99.8 Å². The van der Waals surface area contributed by atoms with Crippen molar-refractivity contribution in [2.45, 2.75) is 39.0 Å². The Morgan fingerprint density at radius 1 is 1.25 bits per heavy atom. The summed E-state index contributed by atoms with van der Waals surface area (Å²) >= 11 is 0. The number of carbonyl (C=O) groups is 3. The highest BCUT2D eigenvalue weighted by atomic mass is 19.4. The van der Waals surface area contributed by atoms with Crippen LogP contribution in [0.25, 0.3) is 0 Å². The van der Waals surface area contributed by atoms with E-state index in [-0.39, 0.29) is 11.3 Å². The molecule has 0 radical (unpaired) electrons. The van der Waals surface area contributed by atoms with Gasteiger partial charge in [-0.25, -0.2) is 4.79 Å². The first kappa shape index (κ1) is 19.5. The fraction of sp³-hybridized carbons (Fsp3) is 0.500. The molecule has 1 aromatic heterocycles. The van der Waals surface area contributed by atoms with Crippen molar-refractivity contribution in [3.63, 3.8) is 0 Å². The molecule has 1 heterocycles. The van der Waals surface area contributed by atoms with Gasteiger partial charge in [-0.15, -0.1) is 0 Å². The van der Waals surface area contributed by atoms with Gasteiger partial charge in [0.15, 0.2) is 0 Å². The van der Waals surface area contributed by atoms with Crippen LogP contribution in [0, 0.1) is 13.8 Å². The Kier molecular flexibility index (Phi) is 5.64. The maximum absolute atomic E-state index is 13.0. The van der Waals surface area contributed by atoms with E-state index in [1.807, 2.05) is 0 Å². The molecule has 0 saturated carbocycles. The highest BCUT2D eigenvalue weighted by Gasteiger charge is 2.45. The van der Waals surface area contributed by atoms with Gasteiger partial charge in [0, 0.05) is 18.4 Å². The molecule has 0 bridgehead atoms. The van der Waals surface area contributed by atoms with Crippen LogP contribution in [0.15, 0.2) is 6.07 Å². The monoisotopic (exact) mass is 350 g/mol. The van der Waals surface area contributed by atoms with Crippen LogP contribution in [-0.4, -0.2) is 56.8 Å². The Hall–Kier alpha value is -2.52. The maximum atomic E-state index is 13.0. The molecular weight excluding hydrogens is 333 g/mol. The number of aromatic nitrogens is 1.